The first-order valence-electron chi connectivity index (χ1n) is 23.0. The molecular weight excluding hydrogens is 860 g/mol. The third kappa shape index (κ3) is 19.6. The highest BCUT2D eigenvalue weighted by Crippen LogP contribution is 2.46. The molecule has 1 aromatic carbocycles. The molecule has 1 aromatic heterocycles. The van der Waals surface area contributed by atoms with Gasteiger partial charge in [0, 0.05) is 64.9 Å². The van der Waals surface area contributed by atoms with E-state index in [0.717, 1.165) is 44.9 Å². The van der Waals surface area contributed by atoms with Gasteiger partial charge < -0.3 is 40.6 Å². The van der Waals surface area contributed by atoms with Crippen molar-refractivity contribution in [2.24, 2.45) is 23.5 Å². The quantitative estimate of drug-likeness (QED) is 0.0497. The largest absolute Gasteiger partial charge is 0.472 e. The molecule has 0 bridgehead atoms. The van der Waals surface area contributed by atoms with Crippen LogP contribution in [0.1, 0.15) is 116 Å². The highest BCUT2D eigenvalue weighted by atomic mass is 31.2. The van der Waals surface area contributed by atoms with E-state index < -0.39 is 86.2 Å². The lowest BCUT2D eigenvalue weighted by atomic mass is 9.89. The van der Waals surface area contributed by atoms with Crippen molar-refractivity contribution in [1.29, 1.82) is 0 Å². The molecule has 2 heterocycles. The summed E-state index contributed by atoms with van der Waals surface area (Å²) in [6.07, 6.45) is 9.88. The number of aromatic nitrogens is 2. The molecule has 2 aromatic rings. The number of aryl methyl sites for hydroxylation is 2. The number of imidazole rings is 1. The zero-order valence-electron chi connectivity index (χ0n) is 38.9. The van der Waals surface area contributed by atoms with Crippen LogP contribution in [-0.2, 0) is 66.5 Å². The van der Waals surface area contributed by atoms with Crippen molar-refractivity contribution in [3.63, 3.8) is 0 Å². The van der Waals surface area contributed by atoms with Gasteiger partial charge in [0.1, 0.15) is 12.1 Å². The van der Waals surface area contributed by atoms with Crippen molar-refractivity contribution in [3.05, 3.63) is 54.1 Å². The molecule has 19 heteroatoms. The minimum atomic E-state index is -4.68. The molecule has 65 heavy (non-hydrogen) atoms. The number of rotatable bonds is 33. The molecule has 3 rings (SSSR count). The van der Waals surface area contributed by atoms with Crippen LogP contribution < -0.4 is 16.4 Å². The number of hydrogen-bond acceptors (Lipinski definition) is 12. The van der Waals surface area contributed by atoms with Crippen molar-refractivity contribution < 1.29 is 57.1 Å². The molecule has 1 saturated heterocycles. The molecule has 0 saturated carbocycles. The van der Waals surface area contributed by atoms with E-state index in [4.69, 9.17) is 19.5 Å². The number of nitrogens with two attached hydrogens (primary N) is 1. The summed E-state index contributed by atoms with van der Waals surface area (Å²) >= 11 is 0. The van der Waals surface area contributed by atoms with Crippen LogP contribution in [0, 0.1) is 17.8 Å². The number of aliphatic hydroxyl groups excluding tert-OH is 1. The standard InChI is InChI=1S/C46H73N6O12P/c1-32(2)25-39(49-46(59)41-20-15-22-52(41)34(4)54)42(55)27-36(26-37-29-48-31-51(37)21-14-9-7-6-8-11-17-35-18-12-10-13-19-35)45(58)50-40(30-53)43(56)28-38(44(47)57)33(3)64-65(60,61)63-24-16-23-62-5/h10,12-13,18-19,29,31-33,36,38-41,53H,6-9,11,14-17,20-28,30H2,1-5H3,(H2,47,57)(H,49,59)(H,50,58)(H,60,61)/t33-,36-,38+,39+,40+,41+/m1/s1. The van der Waals surface area contributed by atoms with Crippen LogP contribution >= 0.6 is 7.82 Å². The van der Waals surface area contributed by atoms with Crippen LogP contribution in [0.15, 0.2) is 42.9 Å². The number of ketones is 2. The number of hydrogen-bond donors (Lipinski definition) is 5. The lowest BCUT2D eigenvalue weighted by Crippen LogP contribution is -2.52. The Morgan fingerprint density at radius 3 is 2.25 bits per heavy atom. The van der Waals surface area contributed by atoms with Crippen LogP contribution in [0.5, 0.6) is 0 Å². The predicted octanol–water partition coefficient (Wildman–Crippen LogP) is 4.22. The third-order valence-corrected chi connectivity index (χ3v) is 12.8. The zero-order chi connectivity index (χ0) is 47.9. The van der Waals surface area contributed by atoms with Gasteiger partial charge in [-0.05, 0) is 63.4 Å². The number of nitrogens with zero attached hydrogens (tertiary/aromatic N) is 3. The van der Waals surface area contributed by atoms with Gasteiger partial charge in [0.25, 0.3) is 0 Å². The molecule has 1 unspecified atom stereocenters. The van der Waals surface area contributed by atoms with Gasteiger partial charge >= 0.3 is 7.82 Å². The Morgan fingerprint density at radius 2 is 1.60 bits per heavy atom. The van der Waals surface area contributed by atoms with E-state index in [1.54, 1.807) is 12.5 Å². The van der Waals surface area contributed by atoms with Crippen molar-refractivity contribution in [2.75, 3.05) is 33.5 Å². The number of likely N-dealkylation sites (tertiary alicyclic amines) is 1. The molecule has 18 nitrogen and oxygen atoms in total. The number of carbonyl (C=O) groups excluding carboxylic acids is 6. The second-order valence-electron chi connectivity index (χ2n) is 17.4. The topological polar surface area (TPSA) is 259 Å². The van der Waals surface area contributed by atoms with E-state index >= 15 is 0 Å². The number of primary amides is 1. The van der Waals surface area contributed by atoms with Crippen LogP contribution in [0.4, 0.5) is 0 Å². The predicted molar refractivity (Wildman–Crippen MR) is 243 cm³/mol. The van der Waals surface area contributed by atoms with Crippen molar-refractivity contribution >= 4 is 43.0 Å². The second-order valence-corrected chi connectivity index (χ2v) is 18.9. The first-order chi connectivity index (χ1) is 31.0. The number of amides is 4. The van der Waals surface area contributed by atoms with Gasteiger partial charge in [-0.15, -0.1) is 0 Å². The maximum absolute atomic E-state index is 14.2. The van der Waals surface area contributed by atoms with Crippen LogP contribution in [0.2, 0.25) is 0 Å². The fourth-order valence-electron chi connectivity index (χ4n) is 8.08. The van der Waals surface area contributed by atoms with E-state index in [0.29, 0.717) is 31.6 Å². The Kier molecular flexibility index (Phi) is 24.3. The summed E-state index contributed by atoms with van der Waals surface area (Å²) < 4.78 is 29.4. The summed E-state index contributed by atoms with van der Waals surface area (Å²) in [6.45, 7) is 6.71. The van der Waals surface area contributed by atoms with Crippen molar-refractivity contribution in [1.82, 2.24) is 25.1 Å². The number of Topliss-reactive ketones (excluding diaryl/α,β-unsaturated/α-hetero) is 2. The van der Waals surface area contributed by atoms with Gasteiger partial charge in [0.05, 0.1) is 43.5 Å². The van der Waals surface area contributed by atoms with Gasteiger partial charge in [-0.2, -0.15) is 0 Å². The number of phosphoric acid groups is 1. The average Bonchev–Trinajstić information content (AvgIpc) is 3.94. The number of methoxy groups -OCH3 is 1. The van der Waals surface area contributed by atoms with E-state index in [1.807, 2.05) is 24.5 Å². The summed E-state index contributed by atoms with van der Waals surface area (Å²) in [4.78, 5) is 96.4. The molecule has 0 radical (unpaired) electrons. The van der Waals surface area contributed by atoms with Gasteiger partial charge in [-0.1, -0.05) is 69.9 Å². The van der Waals surface area contributed by atoms with E-state index in [2.05, 4.69) is 39.9 Å². The molecule has 0 spiro atoms. The van der Waals surface area contributed by atoms with Gasteiger partial charge in [0.2, 0.25) is 23.6 Å². The average molecular weight is 933 g/mol. The number of nitrogens with one attached hydrogen (secondary N) is 2. The van der Waals surface area contributed by atoms with Crippen LogP contribution in [-0.4, -0.2) is 117 Å². The first kappa shape index (κ1) is 55.0. The lowest BCUT2D eigenvalue weighted by molar-refractivity contribution is -0.138. The molecule has 4 amide bonds. The first-order valence-corrected chi connectivity index (χ1v) is 24.5. The summed E-state index contributed by atoms with van der Waals surface area (Å²) in [7, 11) is -3.23. The fraction of sp³-hybridized carbons (Fsp3) is 0.674. The highest BCUT2D eigenvalue weighted by molar-refractivity contribution is 7.47. The van der Waals surface area contributed by atoms with Crippen molar-refractivity contribution in [2.45, 2.75) is 148 Å². The Morgan fingerprint density at radius 1 is 0.923 bits per heavy atom. The third-order valence-electron chi connectivity index (χ3n) is 11.7. The van der Waals surface area contributed by atoms with E-state index in [-0.39, 0.29) is 50.7 Å². The smallest absolute Gasteiger partial charge is 0.394 e. The van der Waals surface area contributed by atoms with Gasteiger partial charge in [-0.3, -0.25) is 37.8 Å². The van der Waals surface area contributed by atoms with E-state index in [9.17, 15) is 43.3 Å². The Labute approximate surface area is 383 Å². The minimum Gasteiger partial charge on any atom is -0.394 e. The highest BCUT2D eigenvalue weighted by Gasteiger charge is 2.38. The molecule has 0 aliphatic carbocycles. The number of ether oxygens (including phenoxy) is 1. The maximum atomic E-state index is 14.2. The SMILES string of the molecule is COCCCOP(=O)(O)O[C@H](C)[C@H](CC(=O)[C@H](CO)NC(=O)[C@@H](CC(=O)[C@H](CC(C)C)NC(=O)[C@@H]1CCCN1C(C)=O)Cc1cncn1CCCCCCCCc1ccccc1)C(N)=O. The summed E-state index contributed by atoms with van der Waals surface area (Å²) in [5.74, 6) is -6.29. The molecular formula is C46H73N6O12P. The normalized spacial score (nSPS) is 17.2. The molecule has 6 N–H and O–H groups in total. The minimum absolute atomic E-state index is 0.0252. The Bertz CT molecular complexity index is 1860. The number of carbonyl (C=O) groups is 6. The number of unbranched alkanes of at least 4 members (excludes halogenated alkanes) is 5. The molecule has 1 aliphatic rings. The Hall–Kier alpha value is -4.32. The summed E-state index contributed by atoms with van der Waals surface area (Å²) in [6, 6.07) is 7.16. The maximum Gasteiger partial charge on any atom is 0.472 e. The molecule has 1 fully saturated rings. The number of benzene rings is 1. The molecule has 7 atom stereocenters. The van der Waals surface area contributed by atoms with Crippen molar-refractivity contribution in [3.8, 4) is 0 Å². The Balaban J connectivity index is 1.76. The lowest BCUT2D eigenvalue weighted by Gasteiger charge is -2.27. The monoisotopic (exact) mass is 933 g/mol. The molecule has 1 aliphatic heterocycles. The van der Waals surface area contributed by atoms with Crippen LogP contribution in [0.25, 0.3) is 0 Å². The zero-order valence-corrected chi connectivity index (χ0v) is 39.8. The summed E-state index contributed by atoms with van der Waals surface area (Å²) in [5, 5.41) is 15.8. The number of aliphatic hydroxyl groups is 1. The second kappa shape index (κ2) is 28.7. The van der Waals surface area contributed by atoms with Crippen LogP contribution in [0.3, 0.4) is 0 Å². The molecule has 364 valence electrons. The van der Waals surface area contributed by atoms with Gasteiger partial charge in [-0.25, -0.2) is 9.55 Å². The van der Waals surface area contributed by atoms with Gasteiger partial charge in [0.15, 0.2) is 11.6 Å². The summed E-state index contributed by atoms with van der Waals surface area (Å²) in [5.41, 5.74) is 7.59. The van der Waals surface area contributed by atoms with E-state index in [1.165, 1.54) is 31.4 Å². The number of phosphoric ester groups is 1. The fourth-order valence-corrected chi connectivity index (χ4v) is 9.06.